The largest absolute Gasteiger partial charge is 0.426 e. The molecule has 1 unspecified atom stereocenters. The monoisotopic (exact) mass is 264 g/mol. The molecule has 1 aromatic carbocycles. The topological polar surface area (TPSA) is 43.6 Å². The van der Waals surface area contributed by atoms with Crippen LogP contribution >= 0.6 is 0 Å². The van der Waals surface area contributed by atoms with Crippen LogP contribution in [0.5, 0.6) is 5.75 Å². The van der Waals surface area contributed by atoms with Gasteiger partial charge in [-0.3, -0.25) is 4.79 Å². The highest BCUT2D eigenvalue weighted by Crippen LogP contribution is 2.33. The van der Waals surface area contributed by atoms with Gasteiger partial charge in [0.05, 0.1) is 11.9 Å². The first-order chi connectivity index (χ1) is 9.83. The van der Waals surface area contributed by atoms with E-state index in [0.29, 0.717) is 12.2 Å². The molecule has 4 heteroatoms. The third kappa shape index (κ3) is 1.61. The maximum Gasteiger partial charge on any atom is 0.320 e. The molecule has 0 radical (unpaired) electrons. The Morgan fingerprint density at radius 1 is 1.15 bits per heavy atom. The van der Waals surface area contributed by atoms with Crippen LogP contribution in [-0.4, -0.2) is 15.4 Å². The average molecular weight is 264 g/mol. The Bertz CT molecular complexity index is 807. The molecule has 0 saturated carbocycles. The number of rotatable bonds is 1. The number of carbonyl (C=O) groups is 1. The first kappa shape index (κ1) is 11.2. The number of hydrogen-bond acceptors (Lipinski definition) is 3. The van der Waals surface area contributed by atoms with E-state index in [4.69, 9.17) is 4.74 Å². The summed E-state index contributed by atoms with van der Waals surface area (Å²) in [5.74, 6) is 0.152. The number of carbonyl (C=O) groups excluding carboxylic acids is 1. The molecule has 0 bridgehead atoms. The van der Waals surface area contributed by atoms with E-state index in [1.165, 1.54) is 0 Å². The van der Waals surface area contributed by atoms with Crippen LogP contribution in [0.4, 0.5) is 0 Å². The standard InChI is InChI=1S/C16H12N2O2/c19-16-12(9-11-5-1-2-6-14(11)20-16)13-10-17-15-7-3-4-8-18(13)15/h1-8,10,12H,9H2. The summed E-state index contributed by atoms with van der Waals surface area (Å²) in [4.78, 5) is 16.6. The SMILES string of the molecule is O=C1Oc2ccccc2CC1c1cnc2ccccn12. The number of esters is 1. The zero-order chi connectivity index (χ0) is 13.5. The fraction of sp³-hybridized carbons (Fsp3) is 0.125. The summed E-state index contributed by atoms with van der Waals surface area (Å²) in [6, 6.07) is 13.5. The lowest BCUT2D eigenvalue weighted by atomic mass is 9.93. The second-order valence-corrected chi connectivity index (χ2v) is 4.90. The predicted molar refractivity (Wildman–Crippen MR) is 73.7 cm³/mol. The molecule has 20 heavy (non-hydrogen) atoms. The summed E-state index contributed by atoms with van der Waals surface area (Å²) in [7, 11) is 0. The Balaban J connectivity index is 1.81. The average Bonchev–Trinajstić information content (AvgIpc) is 2.90. The smallest absolute Gasteiger partial charge is 0.320 e. The number of nitrogens with zero attached hydrogens (tertiary/aromatic N) is 2. The molecular formula is C16H12N2O2. The number of para-hydroxylation sites is 1. The van der Waals surface area contributed by atoms with Crippen LogP contribution in [0.2, 0.25) is 0 Å². The van der Waals surface area contributed by atoms with Gasteiger partial charge in [-0.15, -0.1) is 0 Å². The van der Waals surface area contributed by atoms with Crippen molar-refractivity contribution in [2.45, 2.75) is 12.3 Å². The van der Waals surface area contributed by atoms with Gasteiger partial charge in [-0.05, 0) is 30.2 Å². The van der Waals surface area contributed by atoms with Crippen LogP contribution in [0.15, 0.2) is 54.9 Å². The van der Waals surface area contributed by atoms with Crippen LogP contribution in [0.1, 0.15) is 17.2 Å². The van der Waals surface area contributed by atoms with E-state index >= 15 is 0 Å². The number of pyridine rings is 1. The van der Waals surface area contributed by atoms with Gasteiger partial charge in [0.2, 0.25) is 0 Å². The second kappa shape index (κ2) is 4.20. The highest BCUT2D eigenvalue weighted by Gasteiger charge is 2.31. The number of fused-ring (bicyclic) bond motifs is 2. The molecule has 0 aliphatic carbocycles. The van der Waals surface area contributed by atoms with Gasteiger partial charge < -0.3 is 9.14 Å². The molecule has 0 fully saturated rings. The Morgan fingerprint density at radius 3 is 2.95 bits per heavy atom. The summed E-state index contributed by atoms with van der Waals surface area (Å²) in [6.45, 7) is 0. The summed E-state index contributed by atoms with van der Waals surface area (Å²) < 4.78 is 7.38. The Kier molecular flexibility index (Phi) is 2.36. The van der Waals surface area contributed by atoms with Crippen LogP contribution in [-0.2, 0) is 11.2 Å². The van der Waals surface area contributed by atoms with E-state index < -0.39 is 0 Å². The maximum atomic E-state index is 12.2. The normalized spacial score (nSPS) is 17.8. The van der Waals surface area contributed by atoms with E-state index in [2.05, 4.69) is 4.98 Å². The molecule has 0 spiro atoms. The van der Waals surface area contributed by atoms with Crippen molar-refractivity contribution in [1.29, 1.82) is 0 Å². The van der Waals surface area contributed by atoms with Crippen LogP contribution < -0.4 is 4.74 Å². The number of ether oxygens (including phenoxy) is 1. The van der Waals surface area contributed by atoms with Crippen molar-refractivity contribution in [1.82, 2.24) is 9.38 Å². The zero-order valence-corrected chi connectivity index (χ0v) is 10.7. The first-order valence-corrected chi connectivity index (χ1v) is 6.54. The minimum Gasteiger partial charge on any atom is -0.426 e. The maximum absolute atomic E-state index is 12.2. The van der Waals surface area contributed by atoms with Crippen molar-refractivity contribution in [3.05, 3.63) is 66.1 Å². The molecule has 98 valence electrons. The van der Waals surface area contributed by atoms with Gasteiger partial charge in [0.15, 0.2) is 0 Å². The fourth-order valence-electron chi connectivity index (χ4n) is 2.69. The van der Waals surface area contributed by atoms with Crippen molar-refractivity contribution >= 4 is 11.6 Å². The van der Waals surface area contributed by atoms with Crippen LogP contribution in [0.25, 0.3) is 5.65 Å². The van der Waals surface area contributed by atoms with Crippen LogP contribution in [0.3, 0.4) is 0 Å². The zero-order valence-electron chi connectivity index (χ0n) is 10.7. The quantitative estimate of drug-likeness (QED) is 0.501. The Hall–Kier alpha value is -2.62. The molecule has 4 nitrogen and oxygen atoms in total. The van der Waals surface area contributed by atoms with Gasteiger partial charge in [-0.25, -0.2) is 4.98 Å². The predicted octanol–water partition coefficient (Wildman–Crippen LogP) is 2.58. The van der Waals surface area contributed by atoms with Crippen LogP contribution in [0, 0.1) is 0 Å². The molecule has 4 rings (SSSR count). The van der Waals surface area contributed by atoms with E-state index in [-0.39, 0.29) is 11.9 Å². The molecule has 0 amide bonds. The number of aromatic nitrogens is 2. The van der Waals surface area contributed by atoms with Gasteiger partial charge in [-0.1, -0.05) is 24.3 Å². The number of imidazole rings is 1. The van der Waals surface area contributed by atoms with Gasteiger partial charge in [-0.2, -0.15) is 0 Å². The van der Waals surface area contributed by atoms with Gasteiger partial charge in [0.1, 0.15) is 17.3 Å². The van der Waals surface area contributed by atoms with E-state index in [1.54, 1.807) is 6.20 Å². The molecule has 3 aromatic rings. The lowest BCUT2D eigenvalue weighted by Gasteiger charge is -2.22. The molecule has 2 aromatic heterocycles. The third-order valence-corrected chi connectivity index (χ3v) is 3.69. The van der Waals surface area contributed by atoms with E-state index in [9.17, 15) is 4.79 Å². The highest BCUT2D eigenvalue weighted by atomic mass is 16.5. The van der Waals surface area contributed by atoms with Gasteiger partial charge in [0, 0.05) is 6.20 Å². The fourth-order valence-corrected chi connectivity index (χ4v) is 2.69. The number of benzene rings is 1. The lowest BCUT2D eigenvalue weighted by Crippen LogP contribution is -2.26. The molecule has 3 heterocycles. The lowest BCUT2D eigenvalue weighted by molar-refractivity contribution is -0.137. The third-order valence-electron chi connectivity index (χ3n) is 3.69. The summed E-state index contributed by atoms with van der Waals surface area (Å²) in [6.07, 6.45) is 4.33. The molecule has 1 aliphatic rings. The molecule has 0 saturated heterocycles. The summed E-state index contributed by atoms with van der Waals surface area (Å²) in [5.41, 5.74) is 2.78. The van der Waals surface area contributed by atoms with Gasteiger partial charge >= 0.3 is 5.97 Å². The molecule has 0 N–H and O–H groups in total. The van der Waals surface area contributed by atoms with E-state index in [1.807, 2.05) is 53.1 Å². The number of hydrogen-bond donors (Lipinski definition) is 0. The molecule has 1 aliphatic heterocycles. The van der Waals surface area contributed by atoms with Crippen molar-refractivity contribution in [3.8, 4) is 5.75 Å². The van der Waals surface area contributed by atoms with Gasteiger partial charge in [0.25, 0.3) is 0 Å². The first-order valence-electron chi connectivity index (χ1n) is 6.54. The molecule has 1 atom stereocenters. The van der Waals surface area contributed by atoms with Crippen molar-refractivity contribution in [3.63, 3.8) is 0 Å². The minimum atomic E-state index is -0.303. The Morgan fingerprint density at radius 2 is 2.00 bits per heavy atom. The second-order valence-electron chi connectivity index (χ2n) is 4.90. The van der Waals surface area contributed by atoms with E-state index in [0.717, 1.165) is 16.9 Å². The van der Waals surface area contributed by atoms with Crippen molar-refractivity contribution in [2.24, 2.45) is 0 Å². The highest BCUT2D eigenvalue weighted by molar-refractivity contribution is 5.82. The Labute approximate surface area is 115 Å². The summed E-state index contributed by atoms with van der Waals surface area (Å²) >= 11 is 0. The molecular weight excluding hydrogens is 252 g/mol. The minimum absolute atomic E-state index is 0.214. The van der Waals surface area contributed by atoms with Crippen molar-refractivity contribution in [2.75, 3.05) is 0 Å². The van der Waals surface area contributed by atoms with Crippen molar-refractivity contribution < 1.29 is 9.53 Å². The summed E-state index contributed by atoms with van der Waals surface area (Å²) in [5, 5.41) is 0.